The fraction of sp³-hybridized carbons (Fsp3) is 0.250. The normalized spacial score (nSPS) is 12.8. The molecule has 0 spiro atoms. The van der Waals surface area contributed by atoms with Gasteiger partial charge < -0.3 is 0 Å². The molecule has 1 aliphatic heterocycles. The Hall–Kier alpha value is -1.38. The largest absolute Gasteiger partial charge is 0.331 e. The average Bonchev–Trinajstić information content (AvgIpc) is 2.50. The zero-order valence-corrected chi connectivity index (χ0v) is 6.33. The number of benzene rings is 1. The third kappa shape index (κ3) is 0.888. The molecule has 55 valence electrons. The van der Waals surface area contributed by atoms with Crippen molar-refractivity contribution in [3.63, 3.8) is 0 Å². The Balaban J connectivity index is 2.57. The first-order valence-electron chi connectivity index (χ1n) is 3.70. The molecule has 3 heteroatoms. The minimum atomic E-state index is 0.995. The molecule has 1 radical (unpaired) electrons. The summed E-state index contributed by atoms with van der Waals surface area (Å²) in [5.41, 5.74) is 6.09. The molecule has 11 heavy (non-hydrogen) atoms. The van der Waals surface area contributed by atoms with Gasteiger partial charge in [0, 0.05) is 0 Å². The minimum Gasteiger partial charge on any atom is -0.0687 e. The van der Waals surface area contributed by atoms with E-state index in [-0.39, 0.29) is 0 Å². The fourth-order valence-electron chi connectivity index (χ4n) is 1.21. The highest BCUT2D eigenvalue weighted by Gasteiger charge is 2.19. The van der Waals surface area contributed by atoms with Crippen molar-refractivity contribution in [2.75, 3.05) is 5.43 Å². The summed E-state index contributed by atoms with van der Waals surface area (Å²) in [5.74, 6) is 0. The van der Waals surface area contributed by atoms with Crippen LogP contribution in [0.15, 0.2) is 23.3 Å². The van der Waals surface area contributed by atoms with Crippen LogP contribution in [0.1, 0.15) is 12.5 Å². The van der Waals surface area contributed by atoms with Gasteiger partial charge in [0.05, 0.1) is 0 Å². The Kier molecular flexibility index (Phi) is 1.35. The van der Waals surface area contributed by atoms with Gasteiger partial charge in [-0.05, 0) is 18.1 Å². The summed E-state index contributed by atoms with van der Waals surface area (Å²) in [5, 5.41) is 7.72. The van der Waals surface area contributed by atoms with E-state index in [0.717, 1.165) is 17.8 Å². The number of rotatable bonds is 1. The SMILES string of the molecule is CCc1cccc2c1N=[N+]N2. The molecule has 1 heterocycles. The highest BCUT2D eigenvalue weighted by Crippen LogP contribution is 2.31. The van der Waals surface area contributed by atoms with E-state index < -0.39 is 0 Å². The van der Waals surface area contributed by atoms with Crippen molar-refractivity contribution in [2.45, 2.75) is 13.3 Å². The lowest BCUT2D eigenvalue weighted by Gasteiger charge is -1.95. The van der Waals surface area contributed by atoms with Gasteiger partial charge in [-0.2, -0.15) is 0 Å². The average molecular weight is 147 g/mol. The molecule has 0 aliphatic carbocycles. The fourth-order valence-corrected chi connectivity index (χ4v) is 1.21. The molecule has 0 amide bonds. The van der Waals surface area contributed by atoms with Gasteiger partial charge in [0.2, 0.25) is 0 Å². The molecule has 3 nitrogen and oxygen atoms in total. The first kappa shape index (κ1) is 6.34. The molecule has 0 saturated heterocycles. The van der Waals surface area contributed by atoms with Crippen molar-refractivity contribution in [1.82, 2.24) is 5.22 Å². The quantitative estimate of drug-likeness (QED) is 0.648. The summed E-state index contributed by atoms with van der Waals surface area (Å²) < 4.78 is 0. The van der Waals surface area contributed by atoms with Crippen LogP contribution in [0.5, 0.6) is 0 Å². The third-order valence-electron chi connectivity index (χ3n) is 1.82. The van der Waals surface area contributed by atoms with Crippen molar-refractivity contribution in [3.8, 4) is 0 Å². The molecule has 0 atom stereocenters. The van der Waals surface area contributed by atoms with E-state index in [1.165, 1.54) is 5.56 Å². The van der Waals surface area contributed by atoms with Crippen LogP contribution in [0.4, 0.5) is 11.4 Å². The molecular formula is C8H9N3+. The van der Waals surface area contributed by atoms with Gasteiger partial charge in [0.25, 0.3) is 0 Å². The van der Waals surface area contributed by atoms with Crippen molar-refractivity contribution in [2.24, 2.45) is 5.11 Å². The van der Waals surface area contributed by atoms with Crippen LogP contribution in [-0.4, -0.2) is 0 Å². The van der Waals surface area contributed by atoms with Crippen LogP contribution in [0.25, 0.3) is 0 Å². The van der Waals surface area contributed by atoms with Gasteiger partial charge in [0.1, 0.15) is 10.8 Å². The first-order chi connectivity index (χ1) is 5.42. The smallest absolute Gasteiger partial charge is 0.0687 e. The lowest BCUT2D eigenvalue weighted by molar-refractivity contribution is 1.05. The Bertz CT molecular complexity index is 304. The van der Waals surface area contributed by atoms with E-state index in [1.807, 2.05) is 12.1 Å². The summed E-state index contributed by atoms with van der Waals surface area (Å²) in [6, 6.07) is 6.07. The lowest BCUT2D eigenvalue weighted by atomic mass is 10.1. The van der Waals surface area contributed by atoms with Crippen molar-refractivity contribution < 1.29 is 0 Å². The second-order valence-electron chi connectivity index (χ2n) is 2.48. The Morgan fingerprint density at radius 2 is 2.45 bits per heavy atom. The molecule has 0 bridgehead atoms. The molecule has 1 aliphatic rings. The van der Waals surface area contributed by atoms with Crippen LogP contribution < -0.4 is 10.6 Å². The van der Waals surface area contributed by atoms with Crippen LogP contribution in [0.2, 0.25) is 0 Å². The highest BCUT2D eigenvalue weighted by atomic mass is 15.5. The van der Waals surface area contributed by atoms with Crippen LogP contribution >= 0.6 is 0 Å². The molecule has 0 unspecified atom stereocenters. The molecule has 1 N–H and O–H groups in total. The number of hydrogen-bond donors (Lipinski definition) is 1. The summed E-state index contributed by atoms with van der Waals surface area (Å²) in [4.78, 5) is 0. The summed E-state index contributed by atoms with van der Waals surface area (Å²) in [6.45, 7) is 2.11. The van der Waals surface area contributed by atoms with Crippen LogP contribution in [-0.2, 0) is 6.42 Å². The van der Waals surface area contributed by atoms with Gasteiger partial charge in [0.15, 0.2) is 5.69 Å². The Labute approximate surface area is 65.1 Å². The highest BCUT2D eigenvalue weighted by molar-refractivity contribution is 5.70. The third-order valence-corrected chi connectivity index (χ3v) is 1.82. The van der Waals surface area contributed by atoms with E-state index in [1.54, 1.807) is 0 Å². The number of aryl methyl sites for hydroxylation is 1. The summed E-state index contributed by atoms with van der Waals surface area (Å²) >= 11 is 0. The summed E-state index contributed by atoms with van der Waals surface area (Å²) in [7, 11) is 0. The van der Waals surface area contributed by atoms with Gasteiger partial charge in [-0.15, -0.1) is 0 Å². The van der Waals surface area contributed by atoms with Gasteiger partial charge in [-0.1, -0.05) is 24.5 Å². The van der Waals surface area contributed by atoms with Crippen molar-refractivity contribution in [1.29, 1.82) is 0 Å². The van der Waals surface area contributed by atoms with Crippen LogP contribution in [0.3, 0.4) is 0 Å². The van der Waals surface area contributed by atoms with E-state index >= 15 is 0 Å². The van der Waals surface area contributed by atoms with Gasteiger partial charge in [-0.25, -0.2) is 0 Å². The van der Waals surface area contributed by atoms with E-state index in [0.29, 0.717) is 0 Å². The Morgan fingerprint density at radius 3 is 3.27 bits per heavy atom. The zero-order valence-electron chi connectivity index (χ0n) is 6.33. The molecule has 0 saturated carbocycles. The number of anilines is 1. The molecular weight excluding hydrogens is 138 g/mol. The monoisotopic (exact) mass is 147 g/mol. The minimum absolute atomic E-state index is 0.995. The summed E-state index contributed by atoms with van der Waals surface area (Å²) in [6.07, 6.45) is 1.00. The number of hydrogen-bond acceptors (Lipinski definition) is 3. The maximum absolute atomic E-state index is 3.98. The predicted octanol–water partition coefficient (Wildman–Crippen LogP) is 2.01. The molecule has 0 aromatic heterocycles. The Morgan fingerprint density at radius 1 is 1.55 bits per heavy atom. The second-order valence-corrected chi connectivity index (χ2v) is 2.48. The topological polar surface area (TPSA) is 38.5 Å². The molecule has 1 aromatic rings. The molecule has 1 aromatic carbocycles. The van der Waals surface area contributed by atoms with Crippen molar-refractivity contribution >= 4 is 11.4 Å². The van der Waals surface area contributed by atoms with E-state index in [4.69, 9.17) is 0 Å². The second kappa shape index (κ2) is 2.34. The first-order valence-corrected chi connectivity index (χ1v) is 3.70. The maximum Gasteiger partial charge on any atom is 0.331 e. The van der Waals surface area contributed by atoms with E-state index in [2.05, 4.69) is 28.8 Å². The van der Waals surface area contributed by atoms with Crippen LogP contribution in [0, 0.1) is 0 Å². The number of nitrogens with one attached hydrogen (secondary N) is 1. The van der Waals surface area contributed by atoms with E-state index in [9.17, 15) is 0 Å². The number of fused-ring (bicyclic) bond motifs is 1. The molecule has 2 rings (SSSR count). The lowest BCUT2D eigenvalue weighted by Crippen LogP contribution is -1.91. The van der Waals surface area contributed by atoms with Gasteiger partial charge in [-0.3, -0.25) is 0 Å². The molecule has 0 fully saturated rings. The predicted molar refractivity (Wildman–Crippen MR) is 43.7 cm³/mol. The number of nitrogens with zero attached hydrogens (tertiary/aromatic N) is 2. The zero-order chi connectivity index (χ0) is 7.68. The maximum atomic E-state index is 3.98. The van der Waals surface area contributed by atoms with Gasteiger partial charge >= 0.3 is 5.22 Å². The van der Waals surface area contributed by atoms with Crippen molar-refractivity contribution in [3.05, 3.63) is 23.8 Å². The standard InChI is InChI=1S/C8H9N3/c1-2-6-4-3-5-7-8(6)10-11-9-7/h3-5H,2H2,1H3,(H,9,10)/q+1.